The van der Waals surface area contributed by atoms with Gasteiger partial charge in [0, 0.05) is 0 Å². The molecule has 32 heavy (non-hydrogen) atoms. The molecule has 2 N–H and O–H groups in total. The first kappa shape index (κ1) is 23.2. The van der Waals surface area contributed by atoms with Gasteiger partial charge in [-0.2, -0.15) is 0 Å². The molecule has 0 saturated heterocycles. The van der Waals surface area contributed by atoms with E-state index in [9.17, 15) is 9.59 Å². The van der Waals surface area contributed by atoms with Crippen LogP contribution in [-0.2, 0) is 9.53 Å². The maximum atomic E-state index is 12.8. The Morgan fingerprint density at radius 3 is 2.47 bits per heavy atom. The van der Waals surface area contributed by atoms with Crippen LogP contribution < -0.4 is 20.1 Å². The fourth-order valence-corrected chi connectivity index (χ4v) is 3.67. The van der Waals surface area contributed by atoms with Crippen molar-refractivity contribution in [2.45, 2.75) is 38.6 Å². The SMILES string of the molecule is CCCCCCOc1ccc(C2NC(=O)NC(c3ccccc3)=C2C(=O)OC)cc1OC. The molecule has 0 radical (unpaired) electrons. The Bertz CT molecular complexity index is 972. The Labute approximate surface area is 188 Å². The number of carbonyl (C=O) groups excluding carboxylic acids is 2. The van der Waals surface area contributed by atoms with Crippen LogP contribution in [0.5, 0.6) is 11.5 Å². The van der Waals surface area contributed by atoms with Gasteiger partial charge in [0.25, 0.3) is 0 Å². The highest BCUT2D eigenvalue weighted by molar-refractivity contribution is 6.04. The molecule has 2 aromatic carbocycles. The standard InChI is InChI=1S/C25H30N2O5/c1-4-5-6-10-15-32-19-14-13-18(16-20(19)30-2)23-21(24(28)31-3)22(26-25(29)27-23)17-11-8-7-9-12-17/h7-9,11-14,16,23H,4-6,10,15H2,1-3H3,(H2,26,27,29). The third-order valence-corrected chi connectivity index (χ3v) is 5.32. The second-order valence-corrected chi connectivity index (χ2v) is 7.50. The zero-order chi connectivity index (χ0) is 22.9. The minimum Gasteiger partial charge on any atom is -0.493 e. The Morgan fingerprint density at radius 1 is 1.00 bits per heavy atom. The maximum absolute atomic E-state index is 12.8. The van der Waals surface area contributed by atoms with Crippen molar-refractivity contribution in [3.05, 3.63) is 65.2 Å². The van der Waals surface area contributed by atoms with Gasteiger partial charge in [0.1, 0.15) is 0 Å². The van der Waals surface area contributed by atoms with E-state index < -0.39 is 18.0 Å². The van der Waals surface area contributed by atoms with Gasteiger partial charge >= 0.3 is 12.0 Å². The summed E-state index contributed by atoms with van der Waals surface area (Å²) in [7, 11) is 2.89. The normalized spacial score (nSPS) is 15.6. The highest BCUT2D eigenvalue weighted by atomic mass is 16.5. The second-order valence-electron chi connectivity index (χ2n) is 7.50. The lowest BCUT2D eigenvalue weighted by Gasteiger charge is -2.29. The predicted molar refractivity (Wildman–Crippen MR) is 122 cm³/mol. The van der Waals surface area contributed by atoms with Crippen molar-refractivity contribution < 1.29 is 23.8 Å². The molecule has 1 unspecified atom stereocenters. The third kappa shape index (κ3) is 5.41. The third-order valence-electron chi connectivity index (χ3n) is 5.32. The monoisotopic (exact) mass is 438 g/mol. The van der Waals surface area contributed by atoms with Gasteiger partial charge in [-0.25, -0.2) is 9.59 Å². The minimum absolute atomic E-state index is 0.314. The van der Waals surface area contributed by atoms with E-state index in [4.69, 9.17) is 14.2 Å². The Morgan fingerprint density at radius 2 is 1.78 bits per heavy atom. The molecule has 1 aliphatic heterocycles. The number of methoxy groups -OCH3 is 2. The van der Waals surface area contributed by atoms with Crippen LogP contribution in [-0.4, -0.2) is 32.8 Å². The lowest BCUT2D eigenvalue weighted by atomic mass is 9.92. The Kier molecular flexibility index (Phi) is 8.14. The minimum atomic E-state index is -0.709. The number of urea groups is 1. The van der Waals surface area contributed by atoms with Crippen molar-refractivity contribution in [1.29, 1.82) is 0 Å². The average Bonchev–Trinajstić information content (AvgIpc) is 2.83. The largest absolute Gasteiger partial charge is 0.493 e. The zero-order valence-electron chi connectivity index (χ0n) is 18.8. The van der Waals surface area contributed by atoms with Crippen LogP contribution in [0.4, 0.5) is 4.79 Å². The molecule has 0 bridgehead atoms. The summed E-state index contributed by atoms with van der Waals surface area (Å²) in [6.07, 6.45) is 4.44. The molecular formula is C25H30N2O5. The van der Waals surface area contributed by atoms with Gasteiger partial charge in [-0.15, -0.1) is 0 Å². The van der Waals surface area contributed by atoms with Crippen LogP contribution in [0, 0.1) is 0 Å². The summed E-state index contributed by atoms with van der Waals surface area (Å²) in [6.45, 7) is 2.77. The van der Waals surface area contributed by atoms with Gasteiger partial charge < -0.3 is 24.8 Å². The molecular weight excluding hydrogens is 408 g/mol. The summed E-state index contributed by atoms with van der Waals surface area (Å²) in [5, 5.41) is 5.58. The van der Waals surface area contributed by atoms with E-state index in [2.05, 4.69) is 17.6 Å². The molecule has 7 nitrogen and oxygen atoms in total. The molecule has 0 aliphatic carbocycles. The van der Waals surface area contributed by atoms with Crippen LogP contribution in [0.15, 0.2) is 54.1 Å². The first-order valence-corrected chi connectivity index (χ1v) is 10.8. The number of hydrogen-bond donors (Lipinski definition) is 2. The quantitative estimate of drug-likeness (QED) is 0.419. The van der Waals surface area contributed by atoms with Crippen molar-refractivity contribution in [3.63, 3.8) is 0 Å². The molecule has 0 saturated carbocycles. The van der Waals surface area contributed by atoms with Crippen LogP contribution in [0.25, 0.3) is 5.70 Å². The molecule has 1 heterocycles. The van der Waals surface area contributed by atoms with Gasteiger partial charge in [-0.3, -0.25) is 0 Å². The summed E-state index contributed by atoms with van der Waals surface area (Å²) >= 11 is 0. The number of benzene rings is 2. The van der Waals surface area contributed by atoms with E-state index in [0.717, 1.165) is 12.8 Å². The zero-order valence-corrected chi connectivity index (χ0v) is 18.8. The molecule has 0 spiro atoms. The first-order valence-electron chi connectivity index (χ1n) is 10.8. The number of hydrogen-bond acceptors (Lipinski definition) is 5. The van der Waals surface area contributed by atoms with Gasteiger partial charge in [0.15, 0.2) is 11.5 Å². The van der Waals surface area contributed by atoms with Crippen molar-refractivity contribution >= 4 is 17.7 Å². The highest BCUT2D eigenvalue weighted by Crippen LogP contribution is 2.36. The van der Waals surface area contributed by atoms with Gasteiger partial charge in [-0.1, -0.05) is 62.6 Å². The number of ether oxygens (including phenoxy) is 3. The highest BCUT2D eigenvalue weighted by Gasteiger charge is 2.34. The number of nitrogens with one attached hydrogen (secondary N) is 2. The molecule has 170 valence electrons. The number of carbonyl (C=O) groups is 2. The predicted octanol–water partition coefficient (Wildman–Crippen LogP) is 4.59. The summed E-state index contributed by atoms with van der Waals surface area (Å²) in [6, 6.07) is 13.5. The van der Waals surface area contributed by atoms with Crippen LogP contribution in [0.3, 0.4) is 0 Å². The van der Waals surface area contributed by atoms with E-state index in [1.54, 1.807) is 19.2 Å². The van der Waals surface area contributed by atoms with E-state index in [1.165, 1.54) is 20.0 Å². The van der Waals surface area contributed by atoms with Gasteiger partial charge in [-0.05, 0) is 29.7 Å². The number of esters is 1. The van der Waals surface area contributed by atoms with Crippen molar-refractivity contribution in [3.8, 4) is 11.5 Å². The molecule has 0 aromatic heterocycles. The van der Waals surface area contributed by atoms with E-state index in [-0.39, 0.29) is 0 Å². The van der Waals surface area contributed by atoms with Gasteiger partial charge in [0.2, 0.25) is 0 Å². The Balaban J connectivity index is 1.95. The average molecular weight is 439 g/mol. The first-order chi connectivity index (χ1) is 15.6. The van der Waals surface area contributed by atoms with Crippen LogP contribution in [0.2, 0.25) is 0 Å². The Hall–Kier alpha value is -3.48. The van der Waals surface area contributed by atoms with E-state index in [1.807, 2.05) is 36.4 Å². The molecule has 2 aromatic rings. The van der Waals surface area contributed by atoms with E-state index in [0.29, 0.717) is 40.5 Å². The fourth-order valence-electron chi connectivity index (χ4n) is 3.67. The van der Waals surface area contributed by atoms with Crippen molar-refractivity contribution in [1.82, 2.24) is 10.6 Å². The van der Waals surface area contributed by atoms with Crippen LogP contribution >= 0.6 is 0 Å². The van der Waals surface area contributed by atoms with Gasteiger partial charge in [0.05, 0.1) is 38.1 Å². The topological polar surface area (TPSA) is 85.9 Å². The fraction of sp³-hybridized carbons (Fsp3) is 0.360. The van der Waals surface area contributed by atoms with Crippen molar-refractivity contribution in [2.24, 2.45) is 0 Å². The molecule has 1 aliphatic rings. The summed E-state index contributed by atoms with van der Waals surface area (Å²) in [5.41, 5.74) is 2.13. The summed E-state index contributed by atoms with van der Waals surface area (Å²) in [4.78, 5) is 25.2. The molecule has 0 fully saturated rings. The number of amides is 2. The molecule has 7 heteroatoms. The smallest absolute Gasteiger partial charge is 0.338 e. The van der Waals surface area contributed by atoms with Crippen LogP contribution in [0.1, 0.15) is 49.8 Å². The second kappa shape index (κ2) is 11.2. The summed E-state index contributed by atoms with van der Waals surface area (Å²) in [5.74, 6) is 0.632. The maximum Gasteiger partial charge on any atom is 0.338 e. The molecule has 2 amide bonds. The summed E-state index contributed by atoms with van der Waals surface area (Å²) < 4.78 is 16.5. The van der Waals surface area contributed by atoms with E-state index >= 15 is 0 Å². The number of rotatable bonds is 10. The van der Waals surface area contributed by atoms with Crippen molar-refractivity contribution in [2.75, 3.05) is 20.8 Å². The lowest BCUT2D eigenvalue weighted by molar-refractivity contribution is -0.136. The number of unbranched alkanes of at least 4 members (excludes halogenated alkanes) is 3. The molecule has 3 rings (SSSR count). The lowest BCUT2D eigenvalue weighted by Crippen LogP contribution is -2.45. The molecule has 1 atom stereocenters.